The Balaban J connectivity index is 0. The molecular formula is C16H24O11. The van der Waals surface area contributed by atoms with E-state index in [1.165, 1.54) is 6.92 Å². The Hall–Kier alpha value is -2.95. The number of carboxylic acid groups (broad SMARTS) is 2. The summed E-state index contributed by atoms with van der Waals surface area (Å²) in [6.07, 6.45) is -0.852. The van der Waals surface area contributed by atoms with Crippen LogP contribution in [0.4, 0.5) is 0 Å². The van der Waals surface area contributed by atoms with E-state index in [4.69, 9.17) is 10.2 Å². The topological polar surface area (TPSA) is 163 Å². The molecule has 2 N–H and O–H groups in total. The van der Waals surface area contributed by atoms with Gasteiger partial charge in [-0.05, 0) is 13.8 Å². The van der Waals surface area contributed by atoms with Gasteiger partial charge in [-0.3, -0.25) is 19.3 Å². The molecule has 0 saturated heterocycles. The van der Waals surface area contributed by atoms with Gasteiger partial charge in [0.05, 0.1) is 32.3 Å². The molecule has 11 heteroatoms. The first kappa shape index (κ1) is 26.3. The summed E-state index contributed by atoms with van der Waals surface area (Å²) in [4.78, 5) is 60.7. The summed E-state index contributed by atoms with van der Waals surface area (Å²) >= 11 is 0. The van der Waals surface area contributed by atoms with E-state index < -0.39 is 29.8 Å². The van der Waals surface area contributed by atoms with Crippen molar-refractivity contribution in [3.63, 3.8) is 0 Å². The SMILES string of the molecule is C=C(C)C(=O)OCCOC(=O)CCC(=O)O.CCOOC(=O)CCC(=O)O. The van der Waals surface area contributed by atoms with Crippen LogP contribution >= 0.6 is 0 Å². The molecule has 0 spiro atoms. The minimum absolute atomic E-state index is 0.0650. The van der Waals surface area contributed by atoms with Crippen molar-refractivity contribution in [1.82, 2.24) is 0 Å². The maximum atomic E-state index is 10.9. The normalized spacial score (nSPS) is 9.26. The van der Waals surface area contributed by atoms with E-state index in [2.05, 4.69) is 25.8 Å². The Morgan fingerprint density at radius 3 is 1.74 bits per heavy atom. The highest BCUT2D eigenvalue weighted by atomic mass is 17.2. The minimum atomic E-state index is -1.06. The number of hydrogen-bond acceptors (Lipinski definition) is 9. The van der Waals surface area contributed by atoms with Gasteiger partial charge in [0, 0.05) is 5.57 Å². The maximum absolute atomic E-state index is 10.9. The molecule has 27 heavy (non-hydrogen) atoms. The zero-order valence-electron chi connectivity index (χ0n) is 15.2. The van der Waals surface area contributed by atoms with Crippen LogP contribution in [0.1, 0.15) is 39.5 Å². The fourth-order valence-electron chi connectivity index (χ4n) is 1.07. The third-order valence-corrected chi connectivity index (χ3v) is 2.28. The van der Waals surface area contributed by atoms with Gasteiger partial charge >= 0.3 is 29.8 Å². The summed E-state index contributed by atoms with van der Waals surface area (Å²) in [5.74, 6) is -3.94. The van der Waals surface area contributed by atoms with Gasteiger partial charge in [0.1, 0.15) is 13.2 Å². The van der Waals surface area contributed by atoms with Crippen molar-refractivity contribution in [2.75, 3.05) is 19.8 Å². The van der Waals surface area contributed by atoms with Gasteiger partial charge in [-0.25, -0.2) is 9.59 Å². The van der Waals surface area contributed by atoms with Crippen LogP contribution in [0.15, 0.2) is 12.2 Å². The Morgan fingerprint density at radius 2 is 1.30 bits per heavy atom. The predicted molar refractivity (Wildman–Crippen MR) is 88.2 cm³/mol. The molecule has 0 fully saturated rings. The lowest BCUT2D eigenvalue weighted by atomic mass is 10.3. The second kappa shape index (κ2) is 16.5. The van der Waals surface area contributed by atoms with Gasteiger partial charge in [0.25, 0.3) is 0 Å². The van der Waals surface area contributed by atoms with Gasteiger partial charge in [-0.15, -0.1) is 0 Å². The van der Waals surface area contributed by atoms with Crippen molar-refractivity contribution in [1.29, 1.82) is 0 Å². The molecule has 0 unspecified atom stereocenters. The Bertz CT molecular complexity index is 524. The monoisotopic (exact) mass is 392 g/mol. The maximum Gasteiger partial charge on any atom is 0.342 e. The van der Waals surface area contributed by atoms with E-state index in [9.17, 15) is 24.0 Å². The first-order valence-electron chi connectivity index (χ1n) is 7.84. The van der Waals surface area contributed by atoms with E-state index >= 15 is 0 Å². The molecule has 154 valence electrons. The standard InChI is InChI=1S/C10H14O6.C6H10O5/c1-7(2)10(14)16-6-5-15-9(13)4-3-8(11)12;1-2-10-11-6(9)4-3-5(7)8/h1,3-6H2,2H3,(H,11,12);2-4H2,1H3,(H,7,8). The predicted octanol–water partition coefficient (Wildman–Crippen LogP) is 0.860. The lowest BCUT2D eigenvalue weighted by Gasteiger charge is -2.05. The molecule has 0 saturated carbocycles. The zero-order valence-corrected chi connectivity index (χ0v) is 15.2. The number of ether oxygens (including phenoxy) is 2. The summed E-state index contributed by atoms with van der Waals surface area (Å²) in [6, 6.07) is 0. The molecule has 0 amide bonds. The molecule has 0 rings (SSSR count). The third kappa shape index (κ3) is 21.0. The Morgan fingerprint density at radius 1 is 0.815 bits per heavy atom. The molecule has 0 aliphatic heterocycles. The summed E-state index contributed by atoms with van der Waals surface area (Å²) in [5, 5.41) is 16.4. The van der Waals surface area contributed by atoms with Crippen molar-refractivity contribution < 1.29 is 53.4 Å². The number of rotatable bonds is 12. The number of esters is 2. The van der Waals surface area contributed by atoms with Crippen LogP contribution in [0.2, 0.25) is 0 Å². The molecule has 0 aromatic rings. The van der Waals surface area contributed by atoms with Crippen molar-refractivity contribution >= 4 is 29.8 Å². The summed E-state index contributed by atoms with van der Waals surface area (Å²) in [7, 11) is 0. The quantitative estimate of drug-likeness (QED) is 0.159. The molecule has 0 aliphatic rings. The van der Waals surface area contributed by atoms with Crippen LogP contribution in [-0.4, -0.2) is 59.9 Å². The molecule has 0 aromatic heterocycles. The fourth-order valence-corrected chi connectivity index (χ4v) is 1.07. The molecule has 0 radical (unpaired) electrons. The molecule has 0 atom stereocenters. The molecule has 0 aromatic carbocycles. The first-order chi connectivity index (χ1) is 12.6. The summed E-state index contributed by atoms with van der Waals surface area (Å²) < 4.78 is 9.26. The van der Waals surface area contributed by atoms with Crippen LogP contribution in [0.25, 0.3) is 0 Å². The van der Waals surface area contributed by atoms with Crippen LogP contribution in [0, 0.1) is 0 Å². The smallest absolute Gasteiger partial charge is 0.342 e. The lowest BCUT2D eigenvalue weighted by molar-refractivity contribution is -0.269. The van der Waals surface area contributed by atoms with Crippen LogP contribution in [0.5, 0.6) is 0 Å². The van der Waals surface area contributed by atoms with Gasteiger partial charge in [-0.2, -0.15) is 4.89 Å². The average molecular weight is 392 g/mol. The van der Waals surface area contributed by atoms with E-state index in [1.54, 1.807) is 6.92 Å². The van der Waals surface area contributed by atoms with Crippen LogP contribution in [0.3, 0.4) is 0 Å². The van der Waals surface area contributed by atoms with E-state index in [0.717, 1.165) is 0 Å². The largest absolute Gasteiger partial charge is 0.481 e. The van der Waals surface area contributed by atoms with Crippen molar-refractivity contribution in [3.8, 4) is 0 Å². The number of carboxylic acids is 2. The van der Waals surface area contributed by atoms with Crippen LogP contribution < -0.4 is 0 Å². The number of hydrogen-bond donors (Lipinski definition) is 2. The van der Waals surface area contributed by atoms with Crippen molar-refractivity contribution in [2.24, 2.45) is 0 Å². The summed E-state index contributed by atoms with van der Waals surface area (Å²) in [6.45, 7) is 6.64. The van der Waals surface area contributed by atoms with Crippen molar-refractivity contribution in [2.45, 2.75) is 39.5 Å². The van der Waals surface area contributed by atoms with Gasteiger partial charge in [0.2, 0.25) is 0 Å². The molecule has 0 aliphatic carbocycles. The van der Waals surface area contributed by atoms with Gasteiger partial charge < -0.3 is 19.7 Å². The minimum Gasteiger partial charge on any atom is -0.481 e. The van der Waals surface area contributed by atoms with E-state index in [0.29, 0.717) is 0 Å². The lowest BCUT2D eigenvalue weighted by Crippen LogP contribution is -2.14. The highest BCUT2D eigenvalue weighted by Crippen LogP contribution is 1.95. The molecule has 11 nitrogen and oxygen atoms in total. The van der Waals surface area contributed by atoms with Crippen molar-refractivity contribution in [3.05, 3.63) is 12.2 Å². The average Bonchev–Trinajstić information content (AvgIpc) is 2.60. The number of carbonyl (C=O) groups is 5. The molecular weight excluding hydrogens is 368 g/mol. The highest BCUT2D eigenvalue weighted by molar-refractivity contribution is 5.86. The van der Waals surface area contributed by atoms with Crippen LogP contribution in [-0.2, 0) is 43.2 Å². The number of carbonyl (C=O) groups excluding carboxylic acids is 3. The van der Waals surface area contributed by atoms with E-state index in [-0.39, 0.29) is 51.1 Å². The number of aliphatic carboxylic acids is 2. The second-order valence-corrected chi connectivity index (χ2v) is 4.79. The fraction of sp³-hybridized carbons (Fsp3) is 0.562. The summed E-state index contributed by atoms with van der Waals surface area (Å²) in [5.41, 5.74) is 0.261. The second-order valence-electron chi connectivity index (χ2n) is 4.79. The van der Waals surface area contributed by atoms with E-state index in [1.807, 2.05) is 0 Å². The first-order valence-corrected chi connectivity index (χ1v) is 7.84. The Labute approximate surface area is 155 Å². The zero-order chi connectivity index (χ0) is 21.2. The molecule has 0 bridgehead atoms. The highest BCUT2D eigenvalue weighted by Gasteiger charge is 2.08. The third-order valence-electron chi connectivity index (χ3n) is 2.28. The molecule has 0 heterocycles. The van der Waals surface area contributed by atoms with Gasteiger partial charge in [0.15, 0.2) is 0 Å². The Kier molecular flexibility index (Phi) is 16.1. The van der Waals surface area contributed by atoms with Gasteiger partial charge in [-0.1, -0.05) is 6.58 Å².